The minimum absolute atomic E-state index is 0.0364. The van der Waals surface area contributed by atoms with Gasteiger partial charge in [0.25, 0.3) is 5.91 Å². The fourth-order valence-electron chi connectivity index (χ4n) is 1.83. The van der Waals surface area contributed by atoms with E-state index in [2.05, 4.69) is 26.0 Å². The van der Waals surface area contributed by atoms with E-state index in [0.717, 1.165) is 5.56 Å². The molecular weight excluding hydrogens is 313 g/mol. The Morgan fingerprint density at radius 3 is 2.83 bits per heavy atom. The van der Waals surface area contributed by atoms with Gasteiger partial charge >= 0.3 is 6.01 Å². The lowest BCUT2D eigenvalue weighted by molar-refractivity contribution is -0.116. The van der Waals surface area contributed by atoms with Crippen molar-refractivity contribution in [1.29, 1.82) is 0 Å². The average molecular weight is 325 g/mol. The Hall–Kier alpha value is -3.55. The number of hydrazine groups is 1. The zero-order valence-electron chi connectivity index (χ0n) is 12.3. The van der Waals surface area contributed by atoms with Gasteiger partial charge in [0.05, 0.1) is 0 Å². The Morgan fingerprint density at radius 2 is 2.04 bits per heavy atom. The molecule has 0 aliphatic rings. The Bertz CT molecular complexity index is 864. The molecule has 0 radical (unpaired) electrons. The predicted octanol–water partition coefficient (Wildman–Crippen LogP) is 2.43. The molecule has 0 unspecified atom stereocenters. The Kier molecular flexibility index (Phi) is 4.57. The number of carbonyl (C=O) groups is 1. The number of carbonyl (C=O) groups excluding carboxylic acids is 1. The highest BCUT2D eigenvalue weighted by atomic mass is 19.1. The molecule has 2 N–H and O–H groups in total. The first-order chi connectivity index (χ1) is 11.7. The van der Waals surface area contributed by atoms with Gasteiger partial charge in [-0.3, -0.25) is 15.2 Å². The SMILES string of the molecule is O=C(C=Cc1cccc(F)c1)NNc1nc(-c2ccncc2)no1. The van der Waals surface area contributed by atoms with Gasteiger partial charge in [-0.25, -0.2) is 9.82 Å². The zero-order chi connectivity index (χ0) is 16.8. The van der Waals surface area contributed by atoms with E-state index in [1.165, 1.54) is 24.3 Å². The molecule has 8 heteroatoms. The summed E-state index contributed by atoms with van der Waals surface area (Å²) < 4.78 is 18.0. The van der Waals surface area contributed by atoms with Gasteiger partial charge in [-0.1, -0.05) is 17.3 Å². The fourth-order valence-corrected chi connectivity index (χ4v) is 1.83. The molecule has 0 spiro atoms. The number of hydrogen-bond acceptors (Lipinski definition) is 6. The van der Waals surface area contributed by atoms with Gasteiger partial charge in [0.15, 0.2) is 0 Å². The number of nitrogens with zero attached hydrogens (tertiary/aromatic N) is 3. The van der Waals surface area contributed by atoms with Crippen molar-refractivity contribution < 1.29 is 13.7 Å². The fraction of sp³-hybridized carbons (Fsp3) is 0. The molecule has 0 aliphatic carbocycles. The van der Waals surface area contributed by atoms with Crippen LogP contribution in [0.2, 0.25) is 0 Å². The average Bonchev–Trinajstić information content (AvgIpc) is 3.08. The summed E-state index contributed by atoms with van der Waals surface area (Å²) in [7, 11) is 0. The number of benzene rings is 1. The van der Waals surface area contributed by atoms with Crippen molar-refractivity contribution >= 4 is 18.0 Å². The molecule has 7 nitrogen and oxygen atoms in total. The van der Waals surface area contributed by atoms with Crippen LogP contribution in [0.15, 0.2) is 59.4 Å². The predicted molar refractivity (Wildman–Crippen MR) is 84.7 cm³/mol. The van der Waals surface area contributed by atoms with Gasteiger partial charge in [0.2, 0.25) is 5.82 Å². The van der Waals surface area contributed by atoms with E-state index < -0.39 is 5.91 Å². The Balaban J connectivity index is 1.56. The smallest absolute Gasteiger partial charge is 0.313 e. The minimum Gasteiger partial charge on any atom is -0.313 e. The highest BCUT2D eigenvalue weighted by Gasteiger charge is 2.08. The summed E-state index contributed by atoms with van der Waals surface area (Å²) in [5.74, 6) is -0.461. The molecule has 1 amide bonds. The maximum Gasteiger partial charge on any atom is 0.340 e. The summed E-state index contributed by atoms with van der Waals surface area (Å²) in [6.07, 6.45) is 5.95. The molecule has 0 fully saturated rings. The first-order valence-electron chi connectivity index (χ1n) is 6.94. The van der Waals surface area contributed by atoms with E-state index in [9.17, 15) is 9.18 Å². The molecule has 3 rings (SSSR count). The monoisotopic (exact) mass is 325 g/mol. The molecule has 0 aliphatic heterocycles. The molecule has 3 aromatic rings. The Morgan fingerprint density at radius 1 is 1.21 bits per heavy atom. The maximum absolute atomic E-state index is 13.0. The van der Waals surface area contributed by atoms with E-state index in [0.29, 0.717) is 11.4 Å². The highest BCUT2D eigenvalue weighted by Crippen LogP contribution is 2.15. The third-order valence-electron chi connectivity index (χ3n) is 2.93. The molecule has 24 heavy (non-hydrogen) atoms. The van der Waals surface area contributed by atoms with Crippen LogP contribution < -0.4 is 10.9 Å². The number of amides is 1. The normalized spacial score (nSPS) is 10.7. The van der Waals surface area contributed by atoms with Gasteiger partial charge in [-0.15, -0.1) is 0 Å². The topological polar surface area (TPSA) is 92.9 Å². The first-order valence-corrected chi connectivity index (χ1v) is 6.94. The minimum atomic E-state index is -0.456. The lowest BCUT2D eigenvalue weighted by atomic mass is 10.2. The molecular formula is C16H12FN5O2. The maximum atomic E-state index is 13.0. The first kappa shape index (κ1) is 15.3. The van der Waals surface area contributed by atoms with E-state index in [1.807, 2.05) is 0 Å². The largest absolute Gasteiger partial charge is 0.340 e. The quantitative estimate of drug-likeness (QED) is 0.553. The summed E-state index contributed by atoms with van der Waals surface area (Å²) in [4.78, 5) is 19.7. The van der Waals surface area contributed by atoms with Gasteiger partial charge in [0.1, 0.15) is 5.82 Å². The molecule has 2 aromatic heterocycles. The summed E-state index contributed by atoms with van der Waals surface area (Å²) in [6.45, 7) is 0. The van der Waals surface area contributed by atoms with Crippen LogP contribution in [0.25, 0.3) is 17.5 Å². The van der Waals surface area contributed by atoms with Crippen LogP contribution in [0.3, 0.4) is 0 Å². The van der Waals surface area contributed by atoms with Gasteiger partial charge < -0.3 is 4.52 Å². The van der Waals surface area contributed by atoms with Crippen molar-refractivity contribution in [3.63, 3.8) is 0 Å². The van der Waals surface area contributed by atoms with Crippen molar-refractivity contribution in [2.75, 3.05) is 5.43 Å². The summed E-state index contributed by atoms with van der Waals surface area (Å²) in [5.41, 5.74) is 6.18. The van der Waals surface area contributed by atoms with Crippen molar-refractivity contribution in [2.24, 2.45) is 0 Å². The van der Waals surface area contributed by atoms with Crippen LogP contribution in [0, 0.1) is 5.82 Å². The van der Waals surface area contributed by atoms with Crippen molar-refractivity contribution in [1.82, 2.24) is 20.6 Å². The van der Waals surface area contributed by atoms with Gasteiger partial charge in [0, 0.05) is 24.0 Å². The molecule has 0 saturated heterocycles. The molecule has 1 aromatic carbocycles. The number of pyridine rings is 1. The summed E-state index contributed by atoms with van der Waals surface area (Å²) >= 11 is 0. The highest BCUT2D eigenvalue weighted by molar-refractivity contribution is 5.92. The lowest BCUT2D eigenvalue weighted by Crippen LogP contribution is -2.27. The number of rotatable bonds is 5. The third kappa shape index (κ3) is 4.01. The van der Waals surface area contributed by atoms with Crippen molar-refractivity contribution in [3.05, 3.63) is 66.2 Å². The zero-order valence-corrected chi connectivity index (χ0v) is 12.3. The van der Waals surface area contributed by atoms with Gasteiger partial charge in [-0.2, -0.15) is 4.98 Å². The second kappa shape index (κ2) is 7.14. The molecule has 0 bridgehead atoms. The van der Waals surface area contributed by atoms with E-state index in [1.54, 1.807) is 36.7 Å². The molecule has 2 heterocycles. The van der Waals surface area contributed by atoms with Crippen LogP contribution >= 0.6 is 0 Å². The number of anilines is 1. The second-order valence-electron chi connectivity index (χ2n) is 4.66. The van der Waals surface area contributed by atoms with Crippen molar-refractivity contribution in [3.8, 4) is 11.4 Å². The van der Waals surface area contributed by atoms with E-state index >= 15 is 0 Å². The summed E-state index contributed by atoms with van der Waals surface area (Å²) in [6, 6.07) is 9.38. The van der Waals surface area contributed by atoms with Crippen LogP contribution in [0.1, 0.15) is 5.56 Å². The summed E-state index contributed by atoms with van der Waals surface area (Å²) in [5, 5.41) is 3.78. The van der Waals surface area contributed by atoms with Gasteiger partial charge in [-0.05, 0) is 35.9 Å². The lowest BCUT2D eigenvalue weighted by Gasteiger charge is -2.00. The molecule has 0 saturated carbocycles. The number of nitrogens with one attached hydrogen (secondary N) is 2. The molecule has 120 valence electrons. The molecule has 0 atom stereocenters. The van der Waals surface area contributed by atoms with E-state index in [4.69, 9.17) is 4.52 Å². The van der Waals surface area contributed by atoms with Crippen molar-refractivity contribution in [2.45, 2.75) is 0 Å². The van der Waals surface area contributed by atoms with Crippen LogP contribution in [-0.4, -0.2) is 21.0 Å². The van der Waals surface area contributed by atoms with Crippen LogP contribution in [-0.2, 0) is 4.79 Å². The third-order valence-corrected chi connectivity index (χ3v) is 2.93. The second-order valence-corrected chi connectivity index (χ2v) is 4.66. The standard InChI is InChI=1S/C16H12FN5O2/c17-13-3-1-2-11(10-13)4-5-14(23)20-21-16-19-15(22-24-16)12-6-8-18-9-7-12/h1-10H,(H,20,23)(H,19,21,22). The number of halogens is 1. The number of hydrogen-bond donors (Lipinski definition) is 2. The van der Waals surface area contributed by atoms with Crippen LogP contribution in [0.4, 0.5) is 10.4 Å². The van der Waals surface area contributed by atoms with Crippen LogP contribution in [0.5, 0.6) is 0 Å². The number of aromatic nitrogens is 3. The Labute approximate surface area is 136 Å². The van der Waals surface area contributed by atoms with E-state index in [-0.39, 0.29) is 11.8 Å².